The van der Waals surface area contributed by atoms with Gasteiger partial charge in [-0.15, -0.1) is 0 Å². The lowest BCUT2D eigenvalue weighted by Crippen LogP contribution is -2.37. The standard InChI is InChI=1S/C11H25N3O2/c1-4-14(2)8-7-12-10-11(15)13-6-5-9-16-3/h12H,4-10H2,1-3H3,(H,13,15). The van der Waals surface area contributed by atoms with E-state index in [1.54, 1.807) is 7.11 Å². The van der Waals surface area contributed by atoms with Gasteiger partial charge in [-0.3, -0.25) is 4.79 Å². The summed E-state index contributed by atoms with van der Waals surface area (Å²) in [5.74, 6) is 0.0512. The summed E-state index contributed by atoms with van der Waals surface area (Å²) in [7, 11) is 3.72. The number of methoxy groups -OCH3 is 1. The SMILES string of the molecule is CCN(C)CCNCC(=O)NCCCOC. The number of hydrogen-bond acceptors (Lipinski definition) is 4. The third-order valence-corrected chi connectivity index (χ3v) is 2.34. The van der Waals surface area contributed by atoms with Crippen LogP contribution in [0.5, 0.6) is 0 Å². The summed E-state index contributed by atoms with van der Waals surface area (Å²) in [5.41, 5.74) is 0. The zero-order valence-electron chi connectivity index (χ0n) is 10.7. The fourth-order valence-corrected chi connectivity index (χ4v) is 1.14. The highest BCUT2D eigenvalue weighted by atomic mass is 16.5. The number of hydrogen-bond donors (Lipinski definition) is 2. The van der Waals surface area contributed by atoms with Crippen LogP contribution in [0.3, 0.4) is 0 Å². The van der Waals surface area contributed by atoms with Gasteiger partial charge in [-0.05, 0) is 20.0 Å². The molecule has 0 aliphatic rings. The molecule has 0 aromatic rings. The minimum atomic E-state index is 0.0512. The van der Waals surface area contributed by atoms with Gasteiger partial charge in [0.1, 0.15) is 0 Å². The molecule has 16 heavy (non-hydrogen) atoms. The lowest BCUT2D eigenvalue weighted by Gasteiger charge is -2.13. The Balaban J connectivity index is 3.24. The molecule has 0 fully saturated rings. The third-order valence-electron chi connectivity index (χ3n) is 2.34. The molecule has 0 saturated heterocycles. The molecule has 0 aliphatic carbocycles. The van der Waals surface area contributed by atoms with Gasteiger partial charge in [0.05, 0.1) is 6.54 Å². The number of likely N-dealkylation sites (N-methyl/N-ethyl adjacent to an activating group) is 1. The van der Waals surface area contributed by atoms with E-state index in [1.807, 2.05) is 0 Å². The molecule has 0 radical (unpaired) electrons. The van der Waals surface area contributed by atoms with Gasteiger partial charge >= 0.3 is 0 Å². The summed E-state index contributed by atoms with van der Waals surface area (Å²) >= 11 is 0. The summed E-state index contributed by atoms with van der Waals surface area (Å²) < 4.78 is 4.89. The van der Waals surface area contributed by atoms with Crippen LogP contribution in [-0.4, -0.2) is 64.3 Å². The van der Waals surface area contributed by atoms with E-state index in [9.17, 15) is 4.79 Å². The van der Waals surface area contributed by atoms with Crippen molar-refractivity contribution < 1.29 is 9.53 Å². The van der Waals surface area contributed by atoms with Gasteiger partial charge in [0, 0.05) is 33.4 Å². The maximum absolute atomic E-state index is 11.3. The third kappa shape index (κ3) is 9.89. The normalized spacial score (nSPS) is 10.8. The van der Waals surface area contributed by atoms with Crippen molar-refractivity contribution >= 4 is 5.91 Å². The summed E-state index contributed by atoms with van der Waals surface area (Å²) in [5, 5.41) is 5.93. The number of rotatable bonds is 10. The summed E-state index contributed by atoms with van der Waals surface area (Å²) in [6.07, 6.45) is 0.862. The fourth-order valence-electron chi connectivity index (χ4n) is 1.14. The van der Waals surface area contributed by atoms with Crippen molar-refractivity contribution in [1.82, 2.24) is 15.5 Å². The van der Waals surface area contributed by atoms with Crippen LogP contribution in [0.4, 0.5) is 0 Å². The lowest BCUT2D eigenvalue weighted by molar-refractivity contribution is -0.120. The van der Waals surface area contributed by atoms with Gasteiger partial charge < -0.3 is 20.3 Å². The highest BCUT2D eigenvalue weighted by Crippen LogP contribution is 1.78. The first-order chi connectivity index (χ1) is 7.70. The number of nitrogens with one attached hydrogen (secondary N) is 2. The van der Waals surface area contributed by atoms with E-state index in [4.69, 9.17) is 4.74 Å². The molecule has 0 heterocycles. The second kappa shape index (κ2) is 10.9. The molecule has 0 saturated carbocycles. The number of carbonyl (C=O) groups is 1. The molecule has 0 rings (SSSR count). The first kappa shape index (κ1) is 15.3. The van der Waals surface area contributed by atoms with Crippen LogP contribution in [0, 0.1) is 0 Å². The van der Waals surface area contributed by atoms with Crippen LogP contribution in [0.25, 0.3) is 0 Å². The van der Waals surface area contributed by atoms with Crippen molar-refractivity contribution in [3.63, 3.8) is 0 Å². The predicted molar refractivity (Wildman–Crippen MR) is 65.5 cm³/mol. The van der Waals surface area contributed by atoms with Gasteiger partial charge in [0.25, 0.3) is 0 Å². The van der Waals surface area contributed by atoms with E-state index in [2.05, 4.69) is 29.5 Å². The number of carbonyl (C=O) groups excluding carboxylic acids is 1. The molecule has 5 heteroatoms. The Morgan fingerprint density at radius 3 is 2.75 bits per heavy atom. The average Bonchev–Trinajstić information content (AvgIpc) is 2.30. The number of nitrogens with zero attached hydrogens (tertiary/aromatic N) is 1. The van der Waals surface area contributed by atoms with Crippen molar-refractivity contribution in [3.8, 4) is 0 Å². The molecule has 2 N–H and O–H groups in total. The highest BCUT2D eigenvalue weighted by Gasteiger charge is 1.99. The van der Waals surface area contributed by atoms with Gasteiger partial charge in [0.2, 0.25) is 5.91 Å². The van der Waals surface area contributed by atoms with Crippen molar-refractivity contribution in [2.24, 2.45) is 0 Å². The molecule has 0 spiro atoms. The zero-order valence-corrected chi connectivity index (χ0v) is 10.7. The Labute approximate surface area is 98.5 Å². The zero-order chi connectivity index (χ0) is 12.2. The molecular weight excluding hydrogens is 206 g/mol. The van der Waals surface area contributed by atoms with Gasteiger partial charge in [-0.2, -0.15) is 0 Å². The molecule has 96 valence electrons. The molecule has 0 bridgehead atoms. The Hall–Kier alpha value is -0.650. The topological polar surface area (TPSA) is 53.6 Å². The smallest absolute Gasteiger partial charge is 0.233 e. The number of ether oxygens (including phenoxy) is 1. The predicted octanol–water partition coefficient (Wildman–Crippen LogP) is -0.320. The van der Waals surface area contributed by atoms with Crippen molar-refractivity contribution in [1.29, 1.82) is 0 Å². The fraction of sp³-hybridized carbons (Fsp3) is 0.909. The molecular formula is C11H25N3O2. The molecule has 0 atom stereocenters. The van der Waals surface area contributed by atoms with Crippen LogP contribution in [0.15, 0.2) is 0 Å². The van der Waals surface area contributed by atoms with Gasteiger partial charge in [-0.25, -0.2) is 0 Å². The van der Waals surface area contributed by atoms with Crippen LogP contribution >= 0.6 is 0 Å². The monoisotopic (exact) mass is 231 g/mol. The minimum absolute atomic E-state index is 0.0512. The average molecular weight is 231 g/mol. The Kier molecular flexibility index (Phi) is 10.4. The lowest BCUT2D eigenvalue weighted by atomic mass is 10.4. The van der Waals surface area contributed by atoms with E-state index in [-0.39, 0.29) is 5.91 Å². The molecule has 0 aromatic heterocycles. The van der Waals surface area contributed by atoms with E-state index in [1.165, 1.54) is 0 Å². The quantitative estimate of drug-likeness (QED) is 0.506. The Morgan fingerprint density at radius 2 is 2.12 bits per heavy atom. The van der Waals surface area contributed by atoms with E-state index in [0.717, 1.165) is 26.1 Å². The van der Waals surface area contributed by atoms with Crippen LogP contribution < -0.4 is 10.6 Å². The second-order valence-corrected chi connectivity index (χ2v) is 3.77. The molecule has 1 amide bonds. The molecule has 0 aromatic carbocycles. The molecule has 5 nitrogen and oxygen atoms in total. The van der Waals surface area contributed by atoms with Gasteiger partial charge in [-0.1, -0.05) is 6.92 Å². The summed E-state index contributed by atoms with van der Waals surface area (Å²) in [6, 6.07) is 0. The van der Waals surface area contributed by atoms with E-state index >= 15 is 0 Å². The van der Waals surface area contributed by atoms with Crippen LogP contribution in [0.1, 0.15) is 13.3 Å². The van der Waals surface area contributed by atoms with Crippen molar-refractivity contribution in [2.45, 2.75) is 13.3 Å². The van der Waals surface area contributed by atoms with Crippen molar-refractivity contribution in [2.75, 3.05) is 53.5 Å². The largest absolute Gasteiger partial charge is 0.385 e. The van der Waals surface area contributed by atoms with Crippen molar-refractivity contribution in [3.05, 3.63) is 0 Å². The van der Waals surface area contributed by atoms with Gasteiger partial charge in [0.15, 0.2) is 0 Å². The highest BCUT2D eigenvalue weighted by molar-refractivity contribution is 5.77. The molecule has 0 unspecified atom stereocenters. The Bertz CT molecular complexity index is 177. The summed E-state index contributed by atoms with van der Waals surface area (Å²) in [6.45, 7) is 6.72. The van der Waals surface area contributed by atoms with Crippen LogP contribution in [-0.2, 0) is 9.53 Å². The Morgan fingerprint density at radius 1 is 1.38 bits per heavy atom. The second-order valence-electron chi connectivity index (χ2n) is 3.77. The van der Waals surface area contributed by atoms with E-state index < -0.39 is 0 Å². The first-order valence-corrected chi connectivity index (χ1v) is 5.85. The maximum Gasteiger partial charge on any atom is 0.233 e. The van der Waals surface area contributed by atoms with Crippen LogP contribution in [0.2, 0.25) is 0 Å². The minimum Gasteiger partial charge on any atom is -0.385 e. The van der Waals surface area contributed by atoms with E-state index in [0.29, 0.717) is 19.7 Å². The number of amides is 1. The maximum atomic E-state index is 11.3. The first-order valence-electron chi connectivity index (χ1n) is 5.85. The summed E-state index contributed by atoms with van der Waals surface area (Å²) in [4.78, 5) is 13.5. The molecule has 0 aliphatic heterocycles.